The van der Waals surface area contributed by atoms with Crippen LogP contribution in [-0.4, -0.2) is 17.3 Å². The lowest BCUT2D eigenvalue weighted by Gasteiger charge is -2.40. The van der Waals surface area contributed by atoms with Crippen molar-refractivity contribution in [1.29, 1.82) is 0 Å². The maximum Gasteiger partial charge on any atom is 0.224 e. The number of nitrogens with one attached hydrogen (secondary N) is 1. The second kappa shape index (κ2) is 6.27. The monoisotopic (exact) mass is 273 g/mol. The van der Waals surface area contributed by atoms with Gasteiger partial charge in [-0.1, -0.05) is 33.6 Å². The standard InChI is InChI=1S/C15H28ClNO/c1-5-15(4,10-11-16)17-13(18)12-8-6-7-9-14(12,2)3/h12H,5-11H2,1-4H3,(H,17,18). The van der Waals surface area contributed by atoms with E-state index in [0.717, 1.165) is 25.7 Å². The zero-order chi connectivity index (χ0) is 13.8. The minimum atomic E-state index is -0.146. The van der Waals surface area contributed by atoms with Gasteiger partial charge in [-0.25, -0.2) is 0 Å². The normalized spacial score (nSPS) is 26.4. The van der Waals surface area contributed by atoms with Crippen LogP contribution >= 0.6 is 11.6 Å². The van der Waals surface area contributed by atoms with E-state index in [4.69, 9.17) is 11.6 Å². The molecule has 0 saturated heterocycles. The summed E-state index contributed by atoms with van der Waals surface area (Å²) < 4.78 is 0. The molecule has 1 saturated carbocycles. The van der Waals surface area contributed by atoms with E-state index in [2.05, 4.69) is 33.0 Å². The van der Waals surface area contributed by atoms with E-state index in [-0.39, 0.29) is 22.8 Å². The van der Waals surface area contributed by atoms with Gasteiger partial charge in [0.15, 0.2) is 0 Å². The molecule has 18 heavy (non-hydrogen) atoms. The van der Waals surface area contributed by atoms with Gasteiger partial charge < -0.3 is 5.32 Å². The van der Waals surface area contributed by atoms with Crippen molar-refractivity contribution < 1.29 is 4.79 Å². The van der Waals surface area contributed by atoms with Gasteiger partial charge in [0.05, 0.1) is 0 Å². The predicted octanol–water partition coefficient (Wildman–Crippen LogP) is 4.12. The number of amides is 1. The fourth-order valence-corrected chi connectivity index (χ4v) is 3.32. The summed E-state index contributed by atoms with van der Waals surface area (Å²) in [6.45, 7) is 8.66. The number of rotatable bonds is 5. The molecule has 0 spiro atoms. The van der Waals surface area contributed by atoms with Crippen molar-refractivity contribution in [3.8, 4) is 0 Å². The Kier molecular flexibility index (Phi) is 5.51. The molecule has 0 aromatic carbocycles. The van der Waals surface area contributed by atoms with Crippen molar-refractivity contribution in [3.63, 3.8) is 0 Å². The quantitative estimate of drug-likeness (QED) is 0.750. The lowest BCUT2D eigenvalue weighted by Crippen LogP contribution is -2.51. The zero-order valence-corrected chi connectivity index (χ0v) is 13.1. The lowest BCUT2D eigenvalue weighted by atomic mass is 9.68. The van der Waals surface area contributed by atoms with Crippen LogP contribution in [0.25, 0.3) is 0 Å². The van der Waals surface area contributed by atoms with Crippen molar-refractivity contribution in [2.45, 2.75) is 71.8 Å². The molecule has 1 aliphatic rings. The Morgan fingerprint density at radius 1 is 1.44 bits per heavy atom. The van der Waals surface area contributed by atoms with E-state index in [9.17, 15) is 4.79 Å². The number of carbonyl (C=O) groups is 1. The first-order valence-electron chi connectivity index (χ1n) is 7.22. The maximum absolute atomic E-state index is 12.5. The second-order valence-electron chi connectivity index (χ2n) is 6.63. The van der Waals surface area contributed by atoms with Crippen LogP contribution in [0.3, 0.4) is 0 Å². The molecule has 0 bridgehead atoms. The summed E-state index contributed by atoms with van der Waals surface area (Å²) in [7, 11) is 0. The third-order valence-electron chi connectivity index (χ3n) is 4.68. The van der Waals surface area contributed by atoms with Crippen LogP contribution < -0.4 is 5.32 Å². The Morgan fingerprint density at radius 3 is 2.61 bits per heavy atom. The minimum Gasteiger partial charge on any atom is -0.351 e. The van der Waals surface area contributed by atoms with Gasteiger partial charge >= 0.3 is 0 Å². The van der Waals surface area contributed by atoms with Crippen LogP contribution in [0.5, 0.6) is 0 Å². The van der Waals surface area contributed by atoms with Crippen LogP contribution in [0.4, 0.5) is 0 Å². The fraction of sp³-hybridized carbons (Fsp3) is 0.933. The van der Waals surface area contributed by atoms with Gasteiger partial charge in [0.2, 0.25) is 5.91 Å². The molecule has 1 rings (SSSR count). The second-order valence-corrected chi connectivity index (χ2v) is 7.01. The molecule has 106 valence electrons. The molecule has 1 amide bonds. The third-order valence-corrected chi connectivity index (χ3v) is 4.86. The summed E-state index contributed by atoms with van der Waals surface area (Å²) in [5, 5.41) is 3.25. The van der Waals surface area contributed by atoms with Crippen molar-refractivity contribution in [2.24, 2.45) is 11.3 Å². The van der Waals surface area contributed by atoms with Crippen LogP contribution in [0.2, 0.25) is 0 Å². The summed E-state index contributed by atoms with van der Waals surface area (Å²) in [4.78, 5) is 12.5. The third kappa shape index (κ3) is 3.88. The van der Waals surface area contributed by atoms with Crippen LogP contribution in [0, 0.1) is 11.3 Å². The molecule has 1 aliphatic carbocycles. The van der Waals surface area contributed by atoms with Crippen molar-refractivity contribution >= 4 is 17.5 Å². The first kappa shape index (κ1) is 15.8. The number of halogens is 1. The maximum atomic E-state index is 12.5. The SMILES string of the molecule is CCC(C)(CCCl)NC(=O)C1CCCCC1(C)C. The average molecular weight is 274 g/mol. The summed E-state index contributed by atoms with van der Waals surface area (Å²) >= 11 is 5.84. The Balaban J connectivity index is 2.68. The number of carbonyl (C=O) groups excluding carboxylic acids is 1. The molecule has 3 heteroatoms. The van der Waals surface area contributed by atoms with Crippen molar-refractivity contribution in [3.05, 3.63) is 0 Å². The largest absolute Gasteiger partial charge is 0.351 e. The summed E-state index contributed by atoms with van der Waals surface area (Å²) in [5.41, 5.74) is -0.00961. The Hall–Kier alpha value is -0.240. The molecular weight excluding hydrogens is 246 g/mol. The van der Waals surface area contributed by atoms with Gasteiger partial charge in [-0.3, -0.25) is 4.79 Å². The summed E-state index contributed by atoms with van der Waals surface area (Å²) in [6.07, 6.45) is 6.38. The summed E-state index contributed by atoms with van der Waals surface area (Å²) in [6, 6.07) is 0. The van der Waals surface area contributed by atoms with Crippen LogP contribution in [0.15, 0.2) is 0 Å². The average Bonchev–Trinajstić information content (AvgIpc) is 2.28. The van der Waals surface area contributed by atoms with E-state index < -0.39 is 0 Å². The lowest BCUT2D eigenvalue weighted by molar-refractivity contribution is -0.132. The molecule has 1 fully saturated rings. The van der Waals surface area contributed by atoms with E-state index in [1.54, 1.807) is 0 Å². The fourth-order valence-electron chi connectivity index (χ4n) is 2.90. The van der Waals surface area contributed by atoms with Gasteiger partial charge in [-0.05, 0) is 38.0 Å². The first-order chi connectivity index (χ1) is 8.34. The highest BCUT2D eigenvalue weighted by Gasteiger charge is 2.39. The van der Waals surface area contributed by atoms with Gasteiger partial charge in [-0.2, -0.15) is 0 Å². The summed E-state index contributed by atoms with van der Waals surface area (Å²) in [5.74, 6) is 0.986. The van der Waals surface area contributed by atoms with Gasteiger partial charge in [0, 0.05) is 17.3 Å². The number of alkyl halides is 1. The molecule has 0 heterocycles. The minimum absolute atomic E-state index is 0.137. The van der Waals surface area contributed by atoms with Crippen molar-refractivity contribution in [2.75, 3.05) is 5.88 Å². The van der Waals surface area contributed by atoms with E-state index in [0.29, 0.717) is 5.88 Å². The van der Waals surface area contributed by atoms with Crippen LogP contribution in [0.1, 0.15) is 66.2 Å². The molecule has 2 unspecified atom stereocenters. The Bertz CT molecular complexity index is 290. The molecule has 0 aliphatic heterocycles. The van der Waals surface area contributed by atoms with Crippen LogP contribution in [-0.2, 0) is 4.79 Å². The molecule has 1 N–H and O–H groups in total. The number of hydrogen-bond acceptors (Lipinski definition) is 1. The Labute approximate surface area is 117 Å². The molecular formula is C15H28ClNO. The smallest absolute Gasteiger partial charge is 0.224 e. The van der Waals surface area contributed by atoms with E-state index in [1.807, 2.05) is 0 Å². The highest BCUT2D eigenvalue weighted by Crippen LogP contribution is 2.40. The zero-order valence-electron chi connectivity index (χ0n) is 12.3. The van der Waals surface area contributed by atoms with Crippen molar-refractivity contribution in [1.82, 2.24) is 5.32 Å². The molecule has 0 radical (unpaired) electrons. The van der Waals surface area contributed by atoms with Gasteiger partial charge in [0.1, 0.15) is 0 Å². The molecule has 2 nitrogen and oxygen atoms in total. The Morgan fingerprint density at radius 2 is 2.11 bits per heavy atom. The van der Waals surface area contributed by atoms with E-state index >= 15 is 0 Å². The topological polar surface area (TPSA) is 29.1 Å². The highest BCUT2D eigenvalue weighted by atomic mass is 35.5. The highest BCUT2D eigenvalue weighted by molar-refractivity contribution is 6.17. The number of hydrogen-bond donors (Lipinski definition) is 1. The van der Waals surface area contributed by atoms with E-state index in [1.165, 1.54) is 12.8 Å². The molecule has 2 atom stereocenters. The first-order valence-corrected chi connectivity index (χ1v) is 7.76. The van der Waals surface area contributed by atoms with Gasteiger partial charge in [0.25, 0.3) is 0 Å². The predicted molar refractivity (Wildman–Crippen MR) is 77.9 cm³/mol. The molecule has 0 aromatic heterocycles. The van der Waals surface area contributed by atoms with Gasteiger partial charge in [-0.15, -0.1) is 11.6 Å². The molecule has 0 aromatic rings.